The summed E-state index contributed by atoms with van der Waals surface area (Å²) in [5.41, 5.74) is 1.05. The molecule has 0 radical (unpaired) electrons. The number of nitrogens with one attached hydrogen (secondary N) is 3. The Kier molecular flexibility index (Phi) is 10.4. The first kappa shape index (κ1) is 37.4. The molecule has 3 fully saturated rings. The van der Waals surface area contributed by atoms with Crippen LogP contribution in [0.1, 0.15) is 80.9 Å². The Morgan fingerprint density at radius 2 is 1.88 bits per heavy atom. The van der Waals surface area contributed by atoms with E-state index in [1.807, 2.05) is 35.1 Å². The molecule has 1 aromatic rings. The van der Waals surface area contributed by atoms with Crippen LogP contribution in [0.15, 0.2) is 36.9 Å². The van der Waals surface area contributed by atoms with Gasteiger partial charge in [-0.2, -0.15) is 13.2 Å². The molecule has 0 aromatic heterocycles. The number of allylic oxidation sites excluding steroid dienone is 1. The van der Waals surface area contributed by atoms with E-state index in [1.54, 1.807) is 0 Å². The Labute approximate surface area is 299 Å². The zero-order valence-electron chi connectivity index (χ0n) is 28.5. The van der Waals surface area contributed by atoms with Crippen LogP contribution in [0, 0.1) is 5.92 Å². The van der Waals surface area contributed by atoms with Crippen molar-refractivity contribution in [1.29, 1.82) is 0 Å². The topological polar surface area (TPSA) is 171 Å². The van der Waals surface area contributed by atoms with Gasteiger partial charge >= 0.3 is 12.3 Å². The molecule has 5 amide bonds. The average Bonchev–Trinajstić information content (AvgIpc) is 3.96. The first-order valence-electron chi connectivity index (χ1n) is 17.5. The Bertz CT molecular complexity index is 1780. The lowest BCUT2D eigenvalue weighted by molar-refractivity contribution is -0.157. The molecule has 52 heavy (non-hydrogen) atoms. The van der Waals surface area contributed by atoms with Crippen LogP contribution in [0.5, 0.6) is 0 Å². The van der Waals surface area contributed by atoms with Gasteiger partial charge in [-0.05, 0) is 55.2 Å². The Hall–Kier alpha value is -4.41. The number of fused-ring (bicyclic) bond motifs is 3. The molecule has 3 heterocycles. The summed E-state index contributed by atoms with van der Waals surface area (Å²) in [6.07, 6.45) is -0.462. The van der Waals surface area contributed by atoms with Crippen molar-refractivity contribution < 1.29 is 50.3 Å². The SMILES string of the molecule is C=C[C@@H]1C[C@]1(NC(=O)[C@@H]1C[C@@H]2CN1C(=O)[C@H](CC(F)(F)F)NC(=O)CCCCC/C=C/c1cccc3c1CN(C3)C(=O)O2)C(=O)NS(=O)(=O)C1CC1. The smallest absolute Gasteiger partial charge is 0.410 e. The van der Waals surface area contributed by atoms with Gasteiger partial charge in [0, 0.05) is 25.3 Å². The first-order chi connectivity index (χ1) is 24.6. The van der Waals surface area contributed by atoms with Gasteiger partial charge in [-0.25, -0.2) is 13.2 Å². The summed E-state index contributed by atoms with van der Waals surface area (Å²) in [5, 5.41) is 4.02. The maximum Gasteiger partial charge on any atom is 0.410 e. The van der Waals surface area contributed by atoms with Gasteiger partial charge in [0.1, 0.15) is 23.7 Å². The van der Waals surface area contributed by atoms with Gasteiger partial charge in [0.15, 0.2) is 0 Å². The maximum atomic E-state index is 14.0. The molecular formula is C35H42F3N5O8S. The second-order valence-corrected chi connectivity index (χ2v) is 16.2. The highest BCUT2D eigenvalue weighted by Gasteiger charge is 2.62. The van der Waals surface area contributed by atoms with E-state index in [2.05, 4.69) is 17.2 Å². The summed E-state index contributed by atoms with van der Waals surface area (Å²) in [7, 11) is -4.00. The number of ether oxygens (including phenoxy) is 1. The van der Waals surface area contributed by atoms with Gasteiger partial charge < -0.3 is 20.3 Å². The number of sulfonamides is 1. The van der Waals surface area contributed by atoms with Gasteiger partial charge in [-0.3, -0.25) is 28.8 Å². The predicted molar refractivity (Wildman–Crippen MR) is 180 cm³/mol. The van der Waals surface area contributed by atoms with Crippen LogP contribution in [0.3, 0.4) is 0 Å². The number of rotatable bonds is 7. The van der Waals surface area contributed by atoms with Gasteiger partial charge in [0.05, 0.1) is 24.8 Å². The summed E-state index contributed by atoms with van der Waals surface area (Å²) in [5.74, 6) is -4.61. The van der Waals surface area contributed by atoms with Crippen molar-refractivity contribution in [3.8, 4) is 0 Å². The quantitative estimate of drug-likeness (QED) is 0.357. The molecule has 5 aliphatic rings. The molecule has 1 aromatic carbocycles. The number of carbonyl (C=O) groups excluding carboxylic acids is 5. The third-order valence-corrected chi connectivity index (χ3v) is 12.1. The van der Waals surface area contributed by atoms with Gasteiger partial charge in [0.2, 0.25) is 27.7 Å². The Balaban J connectivity index is 1.27. The second kappa shape index (κ2) is 14.5. The lowest BCUT2D eigenvalue weighted by atomic mass is 10.0. The fourth-order valence-corrected chi connectivity index (χ4v) is 8.54. The van der Waals surface area contributed by atoms with E-state index in [-0.39, 0.29) is 32.4 Å². The van der Waals surface area contributed by atoms with Crippen LogP contribution in [0.4, 0.5) is 18.0 Å². The molecule has 3 aliphatic heterocycles. The normalized spacial score (nSPS) is 29.1. The van der Waals surface area contributed by atoms with Gasteiger partial charge in [-0.1, -0.05) is 42.8 Å². The average molecular weight is 750 g/mol. The van der Waals surface area contributed by atoms with E-state index in [0.717, 1.165) is 21.6 Å². The van der Waals surface area contributed by atoms with E-state index < -0.39 is 93.8 Å². The zero-order valence-corrected chi connectivity index (χ0v) is 29.3. The first-order valence-corrected chi connectivity index (χ1v) is 19.0. The third-order valence-electron chi connectivity index (χ3n) is 10.3. The second-order valence-electron chi connectivity index (χ2n) is 14.2. The van der Waals surface area contributed by atoms with Crippen LogP contribution in [-0.2, 0) is 47.0 Å². The van der Waals surface area contributed by atoms with Gasteiger partial charge in [-0.15, -0.1) is 6.58 Å². The largest absolute Gasteiger partial charge is 0.444 e. The summed E-state index contributed by atoms with van der Waals surface area (Å²) >= 11 is 0. The molecule has 2 aliphatic carbocycles. The number of hydrogen-bond acceptors (Lipinski definition) is 8. The number of amides is 5. The number of carbonyl (C=O) groups is 5. The van der Waals surface area contributed by atoms with E-state index in [0.29, 0.717) is 38.5 Å². The van der Waals surface area contributed by atoms with Crippen LogP contribution in [0.25, 0.3) is 6.08 Å². The van der Waals surface area contributed by atoms with Crippen LogP contribution in [-0.4, -0.2) is 89.6 Å². The Morgan fingerprint density at radius 1 is 1.12 bits per heavy atom. The fourth-order valence-electron chi connectivity index (χ4n) is 7.18. The summed E-state index contributed by atoms with van der Waals surface area (Å²) in [4.78, 5) is 69.8. The van der Waals surface area contributed by atoms with Crippen LogP contribution < -0.4 is 15.4 Å². The molecule has 5 atom stereocenters. The molecule has 282 valence electrons. The molecule has 13 nitrogen and oxygen atoms in total. The molecule has 0 unspecified atom stereocenters. The van der Waals surface area contributed by atoms with E-state index >= 15 is 0 Å². The molecule has 2 saturated carbocycles. The predicted octanol–water partition coefficient (Wildman–Crippen LogP) is 3.19. The molecular weight excluding hydrogens is 707 g/mol. The fraction of sp³-hybridized carbons (Fsp3) is 0.571. The summed E-state index contributed by atoms with van der Waals surface area (Å²) in [6, 6.07) is 2.10. The lowest BCUT2D eigenvalue weighted by Crippen LogP contribution is -2.58. The summed E-state index contributed by atoms with van der Waals surface area (Å²) in [6.45, 7) is 3.66. The summed E-state index contributed by atoms with van der Waals surface area (Å²) < 4.78 is 74.3. The number of alkyl halides is 3. The monoisotopic (exact) mass is 749 g/mol. The van der Waals surface area contributed by atoms with E-state index in [4.69, 9.17) is 4.74 Å². The van der Waals surface area contributed by atoms with Crippen molar-refractivity contribution in [2.24, 2.45) is 5.92 Å². The molecule has 6 rings (SSSR count). The minimum absolute atomic E-state index is 0.00715. The molecule has 1 saturated heterocycles. The molecule has 17 heteroatoms. The highest BCUT2D eigenvalue weighted by molar-refractivity contribution is 7.91. The molecule has 0 spiro atoms. The van der Waals surface area contributed by atoms with Crippen molar-refractivity contribution in [2.75, 3.05) is 6.54 Å². The minimum atomic E-state index is -4.87. The van der Waals surface area contributed by atoms with E-state index in [9.17, 15) is 45.6 Å². The Morgan fingerprint density at radius 3 is 2.58 bits per heavy atom. The van der Waals surface area contributed by atoms with Crippen molar-refractivity contribution >= 4 is 45.8 Å². The highest BCUT2D eigenvalue weighted by atomic mass is 32.2. The van der Waals surface area contributed by atoms with Crippen molar-refractivity contribution in [3.63, 3.8) is 0 Å². The van der Waals surface area contributed by atoms with Crippen LogP contribution >= 0.6 is 0 Å². The molecule has 4 bridgehead atoms. The third kappa shape index (κ3) is 8.29. The molecule has 3 N–H and O–H groups in total. The minimum Gasteiger partial charge on any atom is -0.444 e. The van der Waals surface area contributed by atoms with Crippen LogP contribution in [0.2, 0.25) is 0 Å². The van der Waals surface area contributed by atoms with Gasteiger partial charge in [0.25, 0.3) is 5.91 Å². The number of hydrogen-bond donors (Lipinski definition) is 3. The van der Waals surface area contributed by atoms with Crippen molar-refractivity contribution in [2.45, 2.75) is 112 Å². The lowest BCUT2D eigenvalue weighted by Gasteiger charge is -2.30. The number of nitrogens with zero attached hydrogens (tertiary/aromatic N) is 2. The van der Waals surface area contributed by atoms with Crippen molar-refractivity contribution in [1.82, 2.24) is 25.2 Å². The number of benzene rings is 1. The van der Waals surface area contributed by atoms with Crippen molar-refractivity contribution in [3.05, 3.63) is 53.6 Å². The standard InChI is InChI=1S/C35H42F3N5O8S/c1-2-23-16-34(23,32(47)41-52(49,50)25-13-14-25)40-30(45)28-15-24-19-43(28)31(46)27(17-35(36,37)38)39-29(44)12-7-5-3-4-6-9-21-10-8-11-22-18-42(20-26(21)22)33(48)51-24/h2,6,8-11,23-25,27-28H,1,3-5,7,12-20H2,(H,39,44)(H,40,45)(H,41,47)/b9-6+/t23-,24-,27+,28+,34-/m1/s1. The zero-order chi connectivity index (χ0) is 37.4. The highest BCUT2D eigenvalue weighted by Crippen LogP contribution is 2.45. The number of halogens is 3. The maximum absolute atomic E-state index is 14.0. The van der Waals surface area contributed by atoms with E-state index in [1.165, 1.54) is 11.0 Å².